The van der Waals surface area contributed by atoms with E-state index in [4.69, 9.17) is 21.7 Å². The Bertz CT molecular complexity index is 867. The third-order valence-electron chi connectivity index (χ3n) is 5.27. The third-order valence-corrected chi connectivity index (χ3v) is 6.10. The number of nitrogens with one attached hydrogen (secondary N) is 2. The van der Waals surface area contributed by atoms with Gasteiger partial charge in [0.15, 0.2) is 5.11 Å². The van der Waals surface area contributed by atoms with Crippen LogP contribution in [0.4, 0.5) is 5.69 Å². The van der Waals surface area contributed by atoms with Gasteiger partial charge in [-0.2, -0.15) is 0 Å². The molecular weight excluding hydrogens is 464 g/mol. The molecule has 0 bridgehead atoms. The van der Waals surface area contributed by atoms with E-state index < -0.39 is 0 Å². The van der Waals surface area contributed by atoms with Crippen LogP contribution in [0.2, 0.25) is 0 Å². The molecule has 0 aliphatic heterocycles. The molecule has 0 saturated heterocycles. The Hall–Kier alpha value is -2.12. The van der Waals surface area contributed by atoms with Gasteiger partial charge in [0, 0.05) is 11.3 Å². The van der Waals surface area contributed by atoms with E-state index in [0.29, 0.717) is 15.8 Å². The molecule has 30 heavy (non-hydrogen) atoms. The summed E-state index contributed by atoms with van der Waals surface area (Å²) in [7, 11) is 1.58. The van der Waals surface area contributed by atoms with Crippen molar-refractivity contribution in [3.05, 3.63) is 52.5 Å². The van der Waals surface area contributed by atoms with Crippen molar-refractivity contribution < 1.29 is 14.3 Å². The van der Waals surface area contributed by atoms with Gasteiger partial charge < -0.3 is 14.8 Å². The van der Waals surface area contributed by atoms with Gasteiger partial charge in [-0.15, -0.1) is 0 Å². The van der Waals surface area contributed by atoms with Gasteiger partial charge in [0.2, 0.25) is 0 Å². The second-order valence-electron chi connectivity index (χ2n) is 7.42. The van der Waals surface area contributed by atoms with Crippen LogP contribution in [0.3, 0.4) is 0 Å². The summed E-state index contributed by atoms with van der Waals surface area (Å²) in [5.74, 6) is 2.02. The van der Waals surface area contributed by atoms with Crippen LogP contribution in [0.5, 0.6) is 11.5 Å². The van der Waals surface area contributed by atoms with Gasteiger partial charge in [-0.3, -0.25) is 10.1 Å². The van der Waals surface area contributed by atoms with E-state index >= 15 is 0 Å². The fourth-order valence-electron chi connectivity index (χ4n) is 3.60. The molecule has 0 heterocycles. The van der Waals surface area contributed by atoms with Crippen LogP contribution in [0.1, 0.15) is 48.9 Å². The molecule has 5 nitrogen and oxygen atoms in total. The normalized spacial score (nSPS) is 14.1. The first-order valence-electron chi connectivity index (χ1n) is 10.2. The molecule has 0 spiro atoms. The average Bonchev–Trinajstić information content (AvgIpc) is 2.75. The maximum Gasteiger partial charge on any atom is 0.257 e. The number of hydrogen-bond donors (Lipinski definition) is 2. The molecule has 2 aromatic carbocycles. The Kier molecular flexibility index (Phi) is 8.51. The highest BCUT2D eigenvalue weighted by molar-refractivity contribution is 9.10. The van der Waals surface area contributed by atoms with E-state index in [9.17, 15) is 4.79 Å². The molecule has 0 radical (unpaired) electrons. The van der Waals surface area contributed by atoms with Crippen molar-refractivity contribution in [2.24, 2.45) is 5.92 Å². The van der Waals surface area contributed by atoms with E-state index in [1.165, 1.54) is 32.1 Å². The van der Waals surface area contributed by atoms with E-state index in [1.807, 2.05) is 24.3 Å². The lowest BCUT2D eigenvalue weighted by Crippen LogP contribution is -2.34. The number of halogens is 1. The van der Waals surface area contributed by atoms with Crippen molar-refractivity contribution in [3.8, 4) is 11.5 Å². The lowest BCUT2D eigenvalue weighted by atomic mass is 9.87. The number of carbonyl (C=O) groups excluding carboxylic acids is 1. The third kappa shape index (κ3) is 6.71. The largest absolute Gasteiger partial charge is 0.496 e. The number of anilines is 1. The van der Waals surface area contributed by atoms with E-state index in [-0.39, 0.29) is 11.0 Å². The molecule has 1 saturated carbocycles. The molecule has 2 N–H and O–H groups in total. The number of rotatable bonds is 7. The summed E-state index contributed by atoms with van der Waals surface area (Å²) in [5, 5.41) is 5.94. The van der Waals surface area contributed by atoms with Crippen LogP contribution in [0.25, 0.3) is 0 Å². The minimum Gasteiger partial charge on any atom is -0.496 e. The molecule has 3 rings (SSSR count). The van der Waals surface area contributed by atoms with Crippen LogP contribution in [-0.4, -0.2) is 24.7 Å². The summed E-state index contributed by atoms with van der Waals surface area (Å²) in [4.78, 5) is 12.4. The number of amides is 1. The van der Waals surface area contributed by atoms with Gasteiger partial charge in [0.05, 0.1) is 18.2 Å². The zero-order valence-electron chi connectivity index (χ0n) is 17.1. The van der Waals surface area contributed by atoms with Gasteiger partial charge in [-0.05, 0) is 83.0 Å². The predicted molar refractivity (Wildman–Crippen MR) is 128 cm³/mol. The van der Waals surface area contributed by atoms with Crippen molar-refractivity contribution in [1.29, 1.82) is 0 Å². The number of carbonyl (C=O) groups is 1. The monoisotopic (exact) mass is 490 g/mol. The molecule has 0 aromatic heterocycles. The number of benzene rings is 2. The highest BCUT2D eigenvalue weighted by Gasteiger charge is 2.13. The molecule has 1 aliphatic rings. The second kappa shape index (κ2) is 11.3. The summed E-state index contributed by atoms with van der Waals surface area (Å²) in [5.41, 5.74) is 1.27. The molecule has 1 amide bonds. The van der Waals surface area contributed by atoms with Crippen LogP contribution in [-0.2, 0) is 0 Å². The van der Waals surface area contributed by atoms with Gasteiger partial charge in [0.25, 0.3) is 5.91 Å². The zero-order valence-corrected chi connectivity index (χ0v) is 19.5. The first-order chi connectivity index (χ1) is 14.5. The second-order valence-corrected chi connectivity index (χ2v) is 8.69. The Labute approximate surface area is 191 Å². The predicted octanol–water partition coefficient (Wildman–Crippen LogP) is 5.93. The van der Waals surface area contributed by atoms with Gasteiger partial charge in [-0.25, -0.2) is 0 Å². The van der Waals surface area contributed by atoms with Crippen LogP contribution >= 0.6 is 28.1 Å². The van der Waals surface area contributed by atoms with Crippen molar-refractivity contribution in [2.45, 2.75) is 38.5 Å². The number of thiocarbonyl (C=S) groups is 1. The minimum atomic E-state index is -0.293. The van der Waals surface area contributed by atoms with Crippen molar-refractivity contribution in [3.63, 3.8) is 0 Å². The molecule has 2 aromatic rings. The molecule has 1 aliphatic carbocycles. The molecule has 1 fully saturated rings. The lowest BCUT2D eigenvalue weighted by molar-refractivity contribution is 0.0977. The Morgan fingerprint density at radius 2 is 1.87 bits per heavy atom. The van der Waals surface area contributed by atoms with Crippen molar-refractivity contribution in [1.82, 2.24) is 5.32 Å². The first kappa shape index (κ1) is 22.6. The molecule has 160 valence electrons. The lowest BCUT2D eigenvalue weighted by Gasteiger charge is -2.21. The average molecular weight is 491 g/mol. The van der Waals surface area contributed by atoms with E-state index in [0.717, 1.165) is 30.4 Å². The van der Waals surface area contributed by atoms with Crippen molar-refractivity contribution >= 4 is 44.9 Å². The fraction of sp³-hybridized carbons (Fsp3) is 0.391. The Balaban J connectivity index is 1.44. The van der Waals surface area contributed by atoms with Crippen molar-refractivity contribution in [2.75, 3.05) is 19.0 Å². The summed E-state index contributed by atoms with van der Waals surface area (Å²) < 4.78 is 11.8. The highest BCUT2D eigenvalue weighted by Crippen LogP contribution is 2.27. The maximum absolute atomic E-state index is 12.4. The zero-order chi connectivity index (χ0) is 21.3. The first-order valence-corrected chi connectivity index (χ1v) is 11.4. The van der Waals surface area contributed by atoms with Gasteiger partial charge in [0.1, 0.15) is 11.5 Å². The molecule has 0 unspecified atom stereocenters. The summed E-state index contributed by atoms with van der Waals surface area (Å²) in [6, 6.07) is 12.7. The van der Waals surface area contributed by atoms with E-state index in [1.54, 1.807) is 25.3 Å². The summed E-state index contributed by atoms with van der Waals surface area (Å²) in [6.45, 7) is 0.753. The maximum atomic E-state index is 12.4. The fourth-order valence-corrected chi connectivity index (χ4v) is 4.35. The van der Waals surface area contributed by atoms with Gasteiger partial charge in [-0.1, -0.05) is 32.1 Å². The summed E-state index contributed by atoms with van der Waals surface area (Å²) >= 11 is 8.64. The number of ether oxygens (including phenoxy) is 2. The Morgan fingerprint density at radius 3 is 2.53 bits per heavy atom. The SMILES string of the molecule is COc1ccc(C(=O)NC(=S)Nc2ccc(OCCC3CCCCC3)cc2)cc1Br. The molecule has 7 heteroatoms. The Morgan fingerprint density at radius 1 is 1.13 bits per heavy atom. The van der Waals surface area contributed by atoms with Gasteiger partial charge >= 0.3 is 0 Å². The standard InChI is InChI=1S/C23H27BrN2O3S/c1-28-21-12-7-17(15-20(21)24)22(27)26-23(30)25-18-8-10-19(11-9-18)29-14-13-16-5-3-2-4-6-16/h7-12,15-16H,2-6,13-14H2,1H3,(H2,25,26,27,30). The topological polar surface area (TPSA) is 59.6 Å². The van der Waals surface area contributed by atoms with E-state index in [2.05, 4.69) is 26.6 Å². The molecule has 0 atom stereocenters. The minimum absolute atomic E-state index is 0.234. The highest BCUT2D eigenvalue weighted by atomic mass is 79.9. The van der Waals surface area contributed by atoms with Crippen LogP contribution in [0.15, 0.2) is 46.9 Å². The van der Waals surface area contributed by atoms with Crippen LogP contribution < -0.4 is 20.1 Å². The number of methoxy groups -OCH3 is 1. The van der Waals surface area contributed by atoms with Crippen LogP contribution in [0, 0.1) is 5.92 Å². The molecular formula is C23H27BrN2O3S. The summed E-state index contributed by atoms with van der Waals surface area (Å²) in [6.07, 6.45) is 7.89. The number of hydrogen-bond acceptors (Lipinski definition) is 4. The smallest absolute Gasteiger partial charge is 0.257 e. The quantitative estimate of drug-likeness (QED) is 0.470.